The predicted molar refractivity (Wildman–Crippen MR) is 333 cm³/mol. The number of hydrogen-bond donors (Lipinski definition) is 0. The first kappa shape index (κ1) is 61.4. The van der Waals surface area contributed by atoms with Crippen LogP contribution in [-0.4, -0.2) is 28.9 Å². The zero-order valence-corrected chi connectivity index (χ0v) is 52.7. The molecule has 410 valence electrons. The van der Waals surface area contributed by atoms with Gasteiger partial charge in [0.1, 0.15) is 0 Å². The summed E-state index contributed by atoms with van der Waals surface area (Å²) >= 11 is 23.9. The van der Waals surface area contributed by atoms with Crippen molar-refractivity contribution in [2.75, 3.05) is 0 Å². The lowest BCUT2D eigenvalue weighted by Crippen LogP contribution is -2.25. The van der Waals surface area contributed by atoms with E-state index >= 15 is 0 Å². The number of ketones is 5. The van der Waals surface area contributed by atoms with E-state index in [-0.39, 0.29) is 57.8 Å². The Kier molecular flexibility index (Phi) is 20.5. The summed E-state index contributed by atoms with van der Waals surface area (Å²) in [6.07, 6.45) is 7.10. The molecule has 0 saturated carbocycles. The number of carbonyl (C=O) groups excluding carboxylic acids is 5. The van der Waals surface area contributed by atoms with E-state index in [1.165, 1.54) is 16.7 Å². The largest absolute Gasteiger partial charge is 0.294 e. The van der Waals surface area contributed by atoms with Gasteiger partial charge in [0.25, 0.3) is 0 Å². The van der Waals surface area contributed by atoms with E-state index < -0.39 is 0 Å². The fourth-order valence-electron chi connectivity index (χ4n) is 11.7. The minimum Gasteiger partial charge on any atom is -0.294 e. The molecule has 78 heavy (non-hydrogen) atoms. The smallest absolute Gasteiger partial charge is 0.168 e. The van der Waals surface area contributed by atoms with Crippen molar-refractivity contribution in [2.24, 2.45) is 52.3 Å². The molecule has 6 aromatic carbocycles. The molecule has 0 aliphatic heterocycles. The average Bonchev–Trinajstić information content (AvgIpc) is 4.17. The maximum absolute atomic E-state index is 12.3. The van der Waals surface area contributed by atoms with Gasteiger partial charge < -0.3 is 0 Å². The van der Waals surface area contributed by atoms with Gasteiger partial charge in [-0.25, -0.2) is 0 Å². The maximum Gasteiger partial charge on any atom is 0.168 e. The molecule has 10 heteroatoms. The lowest BCUT2D eigenvalue weighted by molar-refractivity contribution is 0.0834. The lowest BCUT2D eigenvalue weighted by Gasteiger charge is -2.25. The highest BCUT2D eigenvalue weighted by atomic mass is 127. The third-order valence-electron chi connectivity index (χ3n) is 15.7. The molecule has 5 unspecified atom stereocenters. The number of fused-ring (bicyclic) bond motifs is 5. The van der Waals surface area contributed by atoms with Crippen LogP contribution in [0, 0.1) is 55.8 Å². The fourth-order valence-corrected chi connectivity index (χ4v) is 14.0. The third-order valence-corrected chi connectivity index (χ3v) is 18.2. The predicted octanol–water partition coefficient (Wildman–Crippen LogP) is 19.0. The summed E-state index contributed by atoms with van der Waals surface area (Å²) in [6, 6.07) is 39.5. The van der Waals surface area contributed by atoms with Crippen LogP contribution in [0.3, 0.4) is 0 Å². The first-order valence-corrected chi connectivity index (χ1v) is 30.4. The SMILES string of the molecule is CC(C)(C)C1Cc2cccc(Cl)c2C1=O.CC(C)(C)C1Cc2cccc(I)c2C1=O.CC(C)CC1Cc2cccc(Br)c2C1=O.CC(C)CC1Cc2cccc(Cl)c2C1=O.O=C1c2c(Cl)cccc2CC1Cc1ccccc1. The molecule has 0 spiro atoms. The van der Waals surface area contributed by atoms with Crippen LogP contribution in [0.2, 0.25) is 15.1 Å². The first-order chi connectivity index (χ1) is 36.8. The van der Waals surface area contributed by atoms with Gasteiger partial charge in [-0.3, -0.25) is 24.0 Å². The minimum absolute atomic E-state index is 0.0133. The van der Waals surface area contributed by atoms with E-state index in [0.717, 1.165) is 104 Å². The molecule has 11 rings (SSSR count). The van der Waals surface area contributed by atoms with Crippen molar-refractivity contribution in [3.8, 4) is 0 Å². The highest BCUT2D eigenvalue weighted by Crippen LogP contribution is 2.42. The topological polar surface area (TPSA) is 85.3 Å². The second-order valence-electron chi connectivity index (χ2n) is 24.6. The third kappa shape index (κ3) is 14.4. The zero-order chi connectivity index (χ0) is 57.0. The van der Waals surface area contributed by atoms with Gasteiger partial charge in [-0.05, 0) is 160 Å². The molecule has 0 fully saturated rings. The summed E-state index contributed by atoms with van der Waals surface area (Å²) in [5, 5.41) is 1.81. The second-order valence-corrected chi connectivity index (χ2v) is 27.8. The number of halogens is 5. The van der Waals surface area contributed by atoms with Crippen LogP contribution in [0.5, 0.6) is 0 Å². The Hall–Kier alpha value is -4.25. The van der Waals surface area contributed by atoms with Gasteiger partial charge in [0.05, 0.1) is 15.1 Å². The van der Waals surface area contributed by atoms with Gasteiger partial charge >= 0.3 is 0 Å². The van der Waals surface area contributed by atoms with Gasteiger partial charge in [0, 0.05) is 65.4 Å². The Morgan fingerprint density at radius 2 is 0.782 bits per heavy atom. The van der Waals surface area contributed by atoms with Crippen LogP contribution in [0.15, 0.2) is 126 Å². The monoisotopic (exact) mass is 1280 g/mol. The number of Topliss-reactive ketones (excluding diaryl/α,β-unsaturated/α-hetero) is 5. The molecule has 0 aromatic heterocycles. The Morgan fingerprint density at radius 1 is 0.436 bits per heavy atom. The highest BCUT2D eigenvalue weighted by molar-refractivity contribution is 14.1. The second kappa shape index (κ2) is 26.1. The van der Waals surface area contributed by atoms with Gasteiger partial charge in [0.15, 0.2) is 28.9 Å². The summed E-state index contributed by atoms with van der Waals surface area (Å²) in [7, 11) is 0. The van der Waals surface area contributed by atoms with E-state index in [1.807, 2.05) is 78.9 Å². The quantitative estimate of drug-likeness (QED) is 0.155. The molecule has 0 heterocycles. The van der Waals surface area contributed by atoms with E-state index in [2.05, 4.69) is 132 Å². The molecule has 0 radical (unpaired) electrons. The van der Waals surface area contributed by atoms with Gasteiger partial charge in [-0.15, -0.1) is 0 Å². The van der Waals surface area contributed by atoms with E-state index in [4.69, 9.17) is 34.8 Å². The van der Waals surface area contributed by atoms with E-state index in [1.54, 1.807) is 18.2 Å². The molecule has 5 nitrogen and oxygen atoms in total. The highest BCUT2D eigenvalue weighted by Gasteiger charge is 2.41. The van der Waals surface area contributed by atoms with Gasteiger partial charge in [-0.2, -0.15) is 0 Å². The number of rotatable bonds is 6. The summed E-state index contributed by atoms with van der Waals surface area (Å²) in [5.74, 6) is 3.09. The van der Waals surface area contributed by atoms with Crippen molar-refractivity contribution < 1.29 is 24.0 Å². The maximum atomic E-state index is 12.3. The molecular formula is C68H73BrCl3IO5. The van der Waals surface area contributed by atoms with Crippen molar-refractivity contribution in [1.29, 1.82) is 0 Å². The molecule has 6 aromatic rings. The van der Waals surface area contributed by atoms with Gasteiger partial charge in [-0.1, -0.05) is 211 Å². The molecule has 0 saturated heterocycles. The Labute approximate surface area is 500 Å². The normalized spacial score (nSPS) is 19.6. The van der Waals surface area contributed by atoms with Crippen molar-refractivity contribution >= 4 is 102 Å². The van der Waals surface area contributed by atoms with Crippen LogP contribution < -0.4 is 0 Å². The number of hydrogen-bond acceptors (Lipinski definition) is 5. The minimum atomic E-state index is 0.0133. The zero-order valence-electron chi connectivity index (χ0n) is 46.7. The van der Waals surface area contributed by atoms with Crippen LogP contribution in [0.1, 0.15) is 167 Å². The fraction of sp³-hybridized carbons (Fsp3) is 0.397. The summed E-state index contributed by atoms with van der Waals surface area (Å²) in [5.41, 5.74) is 11.2. The Bertz CT molecular complexity index is 3040. The molecule has 5 aliphatic carbocycles. The molecule has 0 amide bonds. The van der Waals surface area contributed by atoms with Crippen molar-refractivity contribution in [1.82, 2.24) is 0 Å². The van der Waals surface area contributed by atoms with Gasteiger partial charge in [0.2, 0.25) is 0 Å². The van der Waals surface area contributed by atoms with E-state index in [0.29, 0.717) is 38.5 Å². The van der Waals surface area contributed by atoms with Crippen LogP contribution in [0.25, 0.3) is 0 Å². The molecule has 5 atom stereocenters. The molecular weight excluding hydrogens is 1210 g/mol. The van der Waals surface area contributed by atoms with Crippen molar-refractivity contribution in [3.05, 3.63) is 206 Å². The summed E-state index contributed by atoms with van der Waals surface area (Å²) < 4.78 is 2.05. The van der Waals surface area contributed by atoms with Crippen LogP contribution >= 0.6 is 73.3 Å². The van der Waals surface area contributed by atoms with Crippen molar-refractivity contribution in [3.63, 3.8) is 0 Å². The standard InChI is InChI=1S/C16H13ClO.C13H15BrO.2C13H15ClO.C13H15IO/c17-14-8-4-7-12-10-13(16(18)15(12)14)9-11-5-2-1-3-6-11;1-8(2)6-10-7-9-4-3-5-11(14)12(9)13(10)15;1-13(2,3)9-7-8-5-4-6-10(14)11(8)12(9)15;1-8(2)6-10-7-9-4-3-5-11(14)12(9)13(10)15;1-13(2,3)9-7-8-5-4-6-10(14)11(8)12(9)15/h1-8,13H,9-10H2;3-5,8,10H,6-7H2,1-2H3;4-6,9H,7H2,1-3H3;3-5,8,10H,6-7H2,1-2H3;4-6,9H,7H2,1-3H3. The lowest BCUT2D eigenvalue weighted by atomic mass is 9.78. The molecule has 0 bridgehead atoms. The average molecular weight is 1280 g/mol. The Morgan fingerprint density at radius 3 is 1.18 bits per heavy atom. The number of benzene rings is 6. The van der Waals surface area contributed by atoms with Crippen molar-refractivity contribution in [2.45, 2.75) is 121 Å². The summed E-state index contributed by atoms with van der Waals surface area (Å²) in [6.45, 7) is 21.4. The molecule has 5 aliphatic rings. The number of carbonyl (C=O) groups is 5. The van der Waals surface area contributed by atoms with Crippen LogP contribution in [0.4, 0.5) is 0 Å². The Balaban J connectivity index is 0.000000142. The van der Waals surface area contributed by atoms with E-state index in [9.17, 15) is 24.0 Å². The summed E-state index contributed by atoms with van der Waals surface area (Å²) in [4.78, 5) is 61.0. The molecule has 0 N–H and O–H groups in total. The first-order valence-electron chi connectivity index (χ1n) is 27.4. The van der Waals surface area contributed by atoms with Crippen LogP contribution in [-0.2, 0) is 38.5 Å².